The molecule has 0 spiro atoms. The minimum atomic E-state index is -4.93. The molecule has 0 saturated carbocycles. The van der Waals surface area contributed by atoms with Gasteiger partial charge in [0.2, 0.25) is 5.82 Å². The van der Waals surface area contributed by atoms with Gasteiger partial charge in [0.25, 0.3) is 11.8 Å². The predicted molar refractivity (Wildman–Crippen MR) is 127 cm³/mol. The second-order valence-electron chi connectivity index (χ2n) is 9.31. The van der Waals surface area contributed by atoms with Gasteiger partial charge in [-0.25, -0.2) is 9.37 Å². The number of aromatic nitrogens is 3. The Bertz CT molecular complexity index is 1410. The maximum absolute atomic E-state index is 15.1. The first-order valence-corrected chi connectivity index (χ1v) is 11.6. The first-order chi connectivity index (χ1) is 18.2. The maximum atomic E-state index is 15.1. The Kier molecular flexibility index (Phi) is 7.34. The number of nitrogens with two attached hydrogens (primary N) is 1. The van der Waals surface area contributed by atoms with Crippen molar-refractivity contribution >= 4 is 17.5 Å². The van der Waals surface area contributed by atoms with Crippen LogP contribution in [0.5, 0.6) is 5.75 Å². The number of carbonyl (C=O) groups is 2. The number of hydrogen-bond donors (Lipinski definition) is 2. The van der Waals surface area contributed by atoms with E-state index >= 15 is 4.39 Å². The van der Waals surface area contributed by atoms with Crippen molar-refractivity contribution in [2.75, 3.05) is 5.32 Å². The summed E-state index contributed by atoms with van der Waals surface area (Å²) in [6, 6.07) is 4.24. The van der Waals surface area contributed by atoms with Crippen LogP contribution in [0.1, 0.15) is 41.5 Å². The molecule has 3 N–H and O–H groups in total. The summed E-state index contributed by atoms with van der Waals surface area (Å²) >= 11 is 0. The molecule has 0 unspecified atom stereocenters. The number of hydrogen-bond acceptors (Lipinski definition) is 6. The number of imidazole rings is 1. The van der Waals surface area contributed by atoms with Gasteiger partial charge >= 0.3 is 6.18 Å². The van der Waals surface area contributed by atoms with Crippen LogP contribution in [0.2, 0.25) is 0 Å². The number of nitrogens with zero attached hydrogens (tertiary/aromatic N) is 3. The van der Waals surface area contributed by atoms with Crippen LogP contribution in [-0.2, 0) is 23.2 Å². The van der Waals surface area contributed by atoms with Gasteiger partial charge in [-0.05, 0) is 25.1 Å². The standard InChI is InChI=1S/C25H24F5N5O4/c1-12-18(15-4-5-16(26)19(27)20(15)38-10-14-9-32-11-35(14)3)21(39-24(12,2)25(28,29)30)23(37)34-13-6-7-33-17(8-13)22(31)36/h4-9,11-12,18,21H,10H2,1-3H3,(H2,31,36)(H,33,34,37)/t12-,18-,21+,24+/m0/s1. The lowest BCUT2D eigenvalue weighted by atomic mass is 9.77. The monoisotopic (exact) mass is 553 g/mol. The molecule has 1 aliphatic heterocycles. The van der Waals surface area contributed by atoms with Crippen LogP contribution < -0.4 is 15.8 Å². The second-order valence-corrected chi connectivity index (χ2v) is 9.31. The lowest BCUT2D eigenvalue weighted by Gasteiger charge is -2.32. The predicted octanol–water partition coefficient (Wildman–Crippen LogP) is 3.85. The third-order valence-corrected chi connectivity index (χ3v) is 6.93. The summed E-state index contributed by atoms with van der Waals surface area (Å²) < 4.78 is 84.5. The quantitative estimate of drug-likeness (QED) is 0.429. The fraction of sp³-hybridized carbons (Fsp3) is 0.360. The van der Waals surface area contributed by atoms with Crippen molar-refractivity contribution in [2.24, 2.45) is 18.7 Å². The minimum absolute atomic E-state index is 0.0115. The second kappa shape index (κ2) is 10.2. The number of benzene rings is 1. The molecule has 2 amide bonds. The molecule has 208 valence electrons. The molecule has 0 radical (unpaired) electrons. The number of carbonyl (C=O) groups excluding carboxylic acids is 2. The van der Waals surface area contributed by atoms with Crippen molar-refractivity contribution in [3.8, 4) is 5.75 Å². The summed E-state index contributed by atoms with van der Waals surface area (Å²) in [4.78, 5) is 32.4. The van der Waals surface area contributed by atoms with E-state index in [1.54, 1.807) is 11.6 Å². The summed E-state index contributed by atoms with van der Waals surface area (Å²) in [6.07, 6.45) is -2.70. The van der Waals surface area contributed by atoms with Crippen molar-refractivity contribution in [3.05, 3.63) is 71.6 Å². The number of aryl methyl sites for hydroxylation is 1. The molecule has 1 aliphatic rings. The lowest BCUT2D eigenvalue weighted by molar-refractivity contribution is -0.272. The number of primary amides is 1. The van der Waals surface area contributed by atoms with E-state index < -0.39 is 58.9 Å². The van der Waals surface area contributed by atoms with Crippen molar-refractivity contribution in [1.82, 2.24) is 14.5 Å². The highest BCUT2D eigenvalue weighted by Crippen LogP contribution is 2.55. The minimum Gasteiger partial charge on any atom is -0.484 e. The Morgan fingerprint density at radius 3 is 2.59 bits per heavy atom. The average molecular weight is 553 g/mol. The highest BCUT2D eigenvalue weighted by molar-refractivity contribution is 5.97. The zero-order chi connectivity index (χ0) is 28.7. The van der Waals surface area contributed by atoms with E-state index in [9.17, 15) is 27.2 Å². The van der Waals surface area contributed by atoms with Gasteiger partial charge in [0.15, 0.2) is 17.2 Å². The fourth-order valence-electron chi connectivity index (χ4n) is 4.51. The van der Waals surface area contributed by atoms with E-state index in [0.717, 1.165) is 25.1 Å². The molecule has 0 aliphatic carbocycles. The summed E-state index contributed by atoms with van der Waals surface area (Å²) in [5.74, 6) is -8.16. The van der Waals surface area contributed by atoms with Gasteiger partial charge in [-0.1, -0.05) is 13.0 Å². The topological polar surface area (TPSA) is 121 Å². The number of nitrogens with one attached hydrogen (secondary N) is 1. The van der Waals surface area contributed by atoms with Crippen LogP contribution in [0.25, 0.3) is 0 Å². The zero-order valence-corrected chi connectivity index (χ0v) is 20.9. The molecule has 3 heterocycles. The number of anilines is 1. The molecular formula is C25H24F5N5O4. The van der Waals surface area contributed by atoms with E-state index in [0.29, 0.717) is 5.69 Å². The molecule has 0 bridgehead atoms. The van der Waals surface area contributed by atoms with Gasteiger partial charge in [0.05, 0.1) is 18.2 Å². The molecule has 2 aromatic heterocycles. The Labute approximate surface area is 219 Å². The summed E-state index contributed by atoms with van der Waals surface area (Å²) in [6.45, 7) is 1.70. The summed E-state index contributed by atoms with van der Waals surface area (Å²) in [5, 5.41) is 2.40. The Hall–Kier alpha value is -4.07. The van der Waals surface area contributed by atoms with E-state index in [2.05, 4.69) is 15.3 Å². The number of halogens is 5. The SMILES string of the molecule is C[C@H]1[C@@H](c2ccc(F)c(F)c2OCc2cncn2C)[C@H](C(=O)Nc2ccnc(C(N)=O)c2)O[C@@]1(C)C(F)(F)F. The van der Waals surface area contributed by atoms with Crippen LogP contribution in [0, 0.1) is 17.6 Å². The average Bonchev–Trinajstić information content (AvgIpc) is 3.40. The molecule has 14 heteroatoms. The normalized spacial score (nSPS) is 23.0. The Balaban J connectivity index is 1.76. The smallest absolute Gasteiger partial charge is 0.417 e. The number of pyridine rings is 1. The molecule has 1 fully saturated rings. The first kappa shape index (κ1) is 28.0. The molecule has 4 rings (SSSR count). The van der Waals surface area contributed by atoms with Crippen molar-refractivity contribution in [1.29, 1.82) is 0 Å². The van der Waals surface area contributed by atoms with Crippen molar-refractivity contribution < 1.29 is 41.0 Å². The Morgan fingerprint density at radius 1 is 1.26 bits per heavy atom. The van der Waals surface area contributed by atoms with Crippen LogP contribution in [0.4, 0.5) is 27.6 Å². The molecule has 9 nitrogen and oxygen atoms in total. The number of alkyl halides is 3. The highest BCUT2D eigenvalue weighted by Gasteiger charge is 2.66. The van der Waals surface area contributed by atoms with Crippen molar-refractivity contribution in [2.45, 2.75) is 44.3 Å². The highest BCUT2D eigenvalue weighted by atomic mass is 19.4. The molecule has 4 atom stereocenters. The number of amides is 2. The number of rotatable bonds is 7. The first-order valence-electron chi connectivity index (χ1n) is 11.6. The van der Waals surface area contributed by atoms with Crippen molar-refractivity contribution in [3.63, 3.8) is 0 Å². The lowest BCUT2D eigenvalue weighted by Crippen LogP contribution is -2.47. The summed E-state index contributed by atoms with van der Waals surface area (Å²) in [5.41, 5.74) is 2.46. The third kappa shape index (κ3) is 5.15. The van der Waals surface area contributed by atoms with Gasteiger partial charge in [-0.2, -0.15) is 17.6 Å². The molecule has 1 aromatic carbocycles. The van der Waals surface area contributed by atoms with E-state index in [4.69, 9.17) is 15.2 Å². The number of ether oxygens (including phenoxy) is 2. The van der Waals surface area contributed by atoms with Crippen LogP contribution in [-0.4, -0.2) is 44.2 Å². The third-order valence-electron chi connectivity index (χ3n) is 6.93. The van der Waals surface area contributed by atoms with Gasteiger partial charge in [0.1, 0.15) is 18.4 Å². The van der Waals surface area contributed by atoms with Crippen LogP contribution in [0.15, 0.2) is 43.0 Å². The Morgan fingerprint density at radius 2 is 1.97 bits per heavy atom. The molecule has 3 aromatic rings. The fourth-order valence-corrected chi connectivity index (χ4v) is 4.51. The zero-order valence-electron chi connectivity index (χ0n) is 20.9. The van der Waals surface area contributed by atoms with Gasteiger partial charge in [0, 0.05) is 36.3 Å². The van der Waals surface area contributed by atoms with E-state index in [-0.39, 0.29) is 23.6 Å². The van der Waals surface area contributed by atoms with Gasteiger partial charge in [-0.3, -0.25) is 14.6 Å². The summed E-state index contributed by atoms with van der Waals surface area (Å²) in [7, 11) is 1.64. The van der Waals surface area contributed by atoms with E-state index in [1.807, 2.05) is 0 Å². The maximum Gasteiger partial charge on any atom is 0.417 e. The molecule has 39 heavy (non-hydrogen) atoms. The molecule has 1 saturated heterocycles. The van der Waals surface area contributed by atoms with Gasteiger partial charge < -0.3 is 25.1 Å². The van der Waals surface area contributed by atoms with Crippen LogP contribution >= 0.6 is 0 Å². The van der Waals surface area contributed by atoms with Gasteiger partial charge in [-0.15, -0.1) is 0 Å². The largest absolute Gasteiger partial charge is 0.484 e. The van der Waals surface area contributed by atoms with E-state index in [1.165, 1.54) is 31.7 Å². The molecular weight excluding hydrogens is 529 g/mol. The van der Waals surface area contributed by atoms with Crippen LogP contribution in [0.3, 0.4) is 0 Å².